The summed E-state index contributed by atoms with van der Waals surface area (Å²) in [5.74, 6) is 0.741. The van der Waals surface area contributed by atoms with E-state index < -0.39 is 0 Å². The van der Waals surface area contributed by atoms with E-state index >= 15 is 0 Å². The molecule has 1 saturated carbocycles. The second-order valence-electron chi connectivity index (χ2n) is 6.51. The van der Waals surface area contributed by atoms with Gasteiger partial charge in [-0.25, -0.2) is 4.99 Å². The van der Waals surface area contributed by atoms with E-state index in [2.05, 4.69) is 52.9 Å². The molecule has 24 heavy (non-hydrogen) atoms. The van der Waals surface area contributed by atoms with E-state index in [1.54, 1.807) is 0 Å². The molecule has 0 bridgehead atoms. The van der Waals surface area contributed by atoms with Crippen molar-refractivity contribution in [2.75, 3.05) is 22.9 Å². The van der Waals surface area contributed by atoms with E-state index in [-0.39, 0.29) is 5.66 Å². The average Bonchev–Trinajstić information content (AvgIpc) is 2.57. The number of guanidine groups is 2. The van der Waals surface area contributed by atoms with Gasteiger partial charge in [0.05, 0.1) is 0 Å². The zero-order valence-corrected chi connectivity index (χ0v) is 14.7. The van der Waals surface area contributed by atoms with Crippen molar-refractivity contribution in [2.45, 2.75) is 51.6 Å². The van der Waals surface area contributed by atoms with Gasteiger partial charge in [0.1, 0.15) is 5.66 Å². The van der Waals surface area contributed by atoms with Gasteiger partial charge in [-0.1, -0.05) is 6.42 Å². The van der Waals surface area contributed by atoms with Crippen LogP contribution in [0, 0.1) is 0 Å². The molecule has 2 aliphatic rings. The van der Waals surface area contributed by atoms with Crippen molar-refractivity contribution >= 4 is 23.3 Å². The normalized spacial score (nSPS) is 19.8. The lowest BCUT2D eigenvalue weighted by molar-refractivity contribution is 0.305. The first-order chi connectivity index (χ1) is 11.6. The van der Waals surface area contributed by atoms with Gasteiger partial charge in [-0.05, 0) is 63.8 Å². The zero-order chi connectivity index (χ0) is 17.2. The summed E-state index contributed by atoms with van der Waals surface area (Å²) in [6.45, 7) is 6.32. The van der Waals surface area contributed by atoms with E-state index in [1.165, 1.54) is 12.1 Å². The number of anilines is 2. The van der Waals surface area contributed by atoms with Crippen molar-refractivity contribution in [1.82, 2.24) is 0 Å². The van der Waals surface area contributed by atoms with Crippen LogP contribution >= 0.6 is 0 Å². The van der Waals surface area contributed by atoms with Crippen LogP contribution in [-0.4, -0.2) is 30.7 Å². The molecule has 0 radical (unpaired) electrons. The predicted octanol–water partition coefficient (Wildman–Crippen LogP) is 2.64. The summed E-state index contributed by atoms with van der Waals surface area (Å²) in [5.41, 5.74) is 14.1. The summed E-state index contributed by atoms with van der Waals surface area (Å²) >= 11 is 0. The molecule has 6 heteroatoms. The Balaban J connectivity index is 1.95. The summed E-state index contributed by atoms with van der Waals surface area (Å²) in [6.07, 6.45) is 5.43. The fourth-order valence-electron chi connectivity index (χ4n) is 3.90. The highest BCUT2D eigenvalue weighted by Gasteiger charge is 2.42. The Morgan fingerprint density at radius 1 is 1.04 bits per heavy atom. The maximum Gasteiger partial charge on any atom is 0.220 e. The Hall–Kier alpha value is -2.24. The average molecular weight is 328 g/mol. The molecule has 1 spiro atoms. The molecule has 1 fully saturated rings. The third-order valence-electron chi connectivity index (χ3n) is 5.09. The summed E-state index contributed by atoms with van der Waals surface area (Å²) in [6, 6.07) is 8.52. The van der Waals surface area contributed by atoms with Gasteiger partial charge in [-0.3, -0.25) is 4.90 Å². The molecule has 1 aliphatic heterocycles. The van der Waals surface area contributed by atoms with Crippen molar-refractivity contribution in [1.29, 1.82) is 0 Å². The molecule has 6 nitrogen and oxygen atoms in total. The van der Waals surface area contributed by atoms with Crippen molar-refractivity contribution in [3.63, 3.8) is 0 Å². The predicted molar refractivity (Wildman–Crippen MR) is 102 cm³/mol. The highest BCUT2D eigenvalue weighted by atomic mass is 15.4. The number of hydrogen-bond acceptors (Lipinski definition) is 6. The van der Waals surface area contributed by atoms with Crippen LogP contribution in [0.1, 0.15) is 46.0 Å². The lowest BCUT2D eigenvalue weighted by atomic mass is 9.87. The van der Waals surface area contributed by atoms with Crippen LogP contribution in [0.5, 0.6) is 0 Å². The smallest absolute Gasteiger partial charge is 0.220 e. The molecule has 1 aromatic rings. The van der Waals surface area contributed by atoms with Crippen LogP contribution in [0.4, 0.5) is 11.4 Å². The lowest BCUT2D eigenvalue weighted by Crippen LogP contribution is -2.58. The SMILES string of the molecule is CCN(CC)c1ccc(N2C(N)=NC(N)=NC23CCCCC3)cc1. The Labute approximate surface area is 144 Å². The maximum absolute atomic E-state index is 6.26. The maximum atomic E-state index is 6.26. The number of rotatable bonds is 4. The van der Waals surface area contributed by atoms with Crippen LogP contribution in [0.2, 0.25) is 0 Å². The number of nitrogens with zero attached hydrogens (tertiary/aromatic N) is 4. The molecule has 0 aromatic heterocycles. The molecule has 1 aliphatic carbocycles. The first-order valence-corrected chi connectivity index (χ1v) is 8.94. The van der Waals surface area contributed by atoms with Gasteiger partial charge in [0.15, 0.2) is 0 Å². The van der Waals surface area contributed by atoms with E-state index in [9.17, 15) is 0 Å². The molecule has 0 saturated heterocycles. The number of hydrogen-bond donors (Lipinski definition) is 2. The molecule has 1 heterocycles. The van der Waals surface area contributed by atoms with Gasteiger partial charge < -0.3 is 16.4 Å². The van der Waals surface area contributed by atoms with Crippen LogP contribution in [0.3, 0.4) is 0 Å². The van der Waals surface area contributed by atoms with Crippen LogP contribution in [0.25, 0.3) is 0 Å². The number of benzene rings is 1. The fraction of sp³-hybridized carbons (Fsp3) is 0.556. The Kier molecular flexibility index (Phi) is 4.64. The first kappa shape index (κ1) is 16.6. The van der Waals surface area contributed by atoms with E-state index in [1.807, 2.05) is 0 Å². The lowest BCUT2D eigenvalue weighted by Gasteiger charge is -2.45. The largest absolute Gasteiger partial charge is 0.372 e. The second kappa shape index (κ2) is 6.71. The molecule has 1 aromatic carbocycles. The van der Waals surface area contributed by atoms with Crippen LogP contribution in [0.15, 0.2) is 34.3 Å². The van der Waals surface area contributed by atoms with Crippen LogP contribution in [-0.2, 0) is 0 Å². The summed E-state index contributed by atoms with van der Waals surface area (Å²) in [4.78, 5) is 13.3. The van der Waals surface area contributed by atoms with Gasteiger partial charge in [0, 0.05) is 24.5 Å². The molecular formula is C18H28N6. The Bertz CT molecular complexity index is 623. The third kappa shape index (κ3) is 2.92. The minimum atomic E-state index is -0.370. The van der Waals surface area contributed by atoms with Gasteiger partial charge in [0.2, 0.25) is 11.9 Å². The zero-order valence-electron chi connectivity index (χ0n) is 14.7. The summed E-state index contributed by atoms with van der Waals surface area (Å²) in [5, 5.41) is 0. The van der Waals surface area contributed by atoms with Crippen LogP contribution < -0.4 is 21.3 Å². The van der Waals surface area contributed by atoms with Gasteiger partial charge in [0.25, 0.3) is 0 Å². The van der Waals surface area contributed by atoms with Gasteiger partial charge >= 0.3 is 0 Å². The molecule has 130 valence electrons. The summed E-state index contributed by atoms with van der Waals surface area (Å²) < 4.78 is 0. The highest BCUT2D eigenvalue weighted by Crippen LogP contribution is 2.39. The molecule has 4 N–H and O–H groups in total. The third-order valence-corrected chi connectivity index (χ3v) is 5.09. The van der Waals surface area contributed by atoms with Gasteiger partial charge in [-0.15, -0.1) is 0 Å². The molecular weight excluding hydrogens is 300 g/mol. The highest BCUT2D eigenvalue weighted by molar-refractivity contribution is 6.05. The molecule has 3 rings (SSSR count). The van der Waals surface area contributed by atoms with Crippen molar-refractivity contribution < 1.29 is 0 Å². The van der Waals surface area contributed by atoms with Crippen molar-refractivity contribution in [3.05, 3.63) is 24.3 Å². The number of nitrogens with two attached hydrogens (primary N) is 2. The fourth-order valence-corrected chi connectivity index (χ4v) is 3.90. The standard InChI is InChI=1S/C18H28N6/c1-3-23(4-2)14-8-10-15(11-9-14)24-17(20)21-16(19)22-18(24)12-6-5-7-13-18/h8-11H,3-7,12-13H2,1-2H3,(H4,19,20,21,22). The van der Waals surface area contributed by atoms with Crippen molar-refractivity contribution in [2.24, 2.45) is 21.5 Å². The van der Waals surface area contributed by atoms with E-state index in [4.69, 9.17) is 16.5 Å². The summed E-state index contributed by atoms with van der Waals surface area (Å²) in [7, 11) is 0. The molecule has 0 atom stereocenters. The second-order valence-corrected chi connectivity index (χ2v) is 6.51. The first-order valence-electron chi connectivity index (χ1n) is 8.94. The topological polar surface area (TPSA) is 83.2 Å². The Morgan fingerprint density at radius 2 is 1.67 bits per heavy atom. The molecule has 0 amide bonds. The van der Waals surface area contributed by atoms with Crippen molar-refractivity contribution in [3.8, 4) is 0 Å². The van der Waals surface area contributed by atoms with E-state index in [0.717, 1.165) is 44.5 Å². The Morgan fingerprint density at radius 3 is 2.25 bits per heavy atom. The monoisotopic (exact) mass is 328 g/mol. The van der Waals surface area contributed by atoms with E-state index in [0.29, 0.717) is 11.9 Å². The number of aliphatic imine (C=N–C) groups is 2. The van der Waals surface area contributed by atoms with Gasteiger partial charge in [-0.2, -0.15) is 4.99 Å². The minimum Gasteiger partial charge on any atom is -0.372 e. The molecule has 0 unspecified atom stereocenters. The minimum absolute atomic E-state index is 0.297. The quantitative estimate of drug-likeness (QED) is 0.890.